The molecule has 3 heterocycles. The van der Waals surface area contributed by atoms with E-state index in [0.29, 0.717) is 42.5 Å². The fourth-order valence-electron chi connectivity index (χ4n) is 7.84. The van der Waals surface area contributed by atoms with Gasteiger partial charge in [0.25, 0.3) is 22.9 Å². The summed E-state index contributed by atoms with van der Waals surface area (Å²) in [7, 11) is -0.971. The number of carbonyl (C=O) groups excluding carboxylic acids is 2. The quantitative estimate of drug-likeness (QED) is 0.0768. The van der Waals surface area contributed by atoms with Crippen LogP contribution < -0.4 is 27.4 Å². The second-order valence-corrected chi connectivity index (χ2v) is 18.0. The second kappa shape index (κ2) is 19.8. The van der Waals surface area contributed by atoms with Crippen molar-refractivity contribution in [3.63, 3.8) is 0 Å². The number of nitrogens with zero attached hydrogens (tertiary/aromatic N) is 6. The molecule has 1 aliphatic heterocycles. The zero-order valence-electron chi connectivity index (χ0n) is 36.4. The van der Waals surface area contributed by atoms with E-state index in [2.05, 4.69) is 43.4 Å². The molecule has 324 valence electrons. The third kappa shape index (κ3) is 9.40. The van der Waals surface area contributed by atoms with Gasteiger partial charge in [0.1, 0.15) is 19.9 Å². The normalized spacial score (nSPS) is 12.7. The Labute approximate surface area is 361 Å². The van der Waals surface area contributed by atoms with Crippen LogP contribution in [0.4, 0.5) is 17.3 Å². The summed E-state index contributed by atoms with van der Waals surface area (Å²) in [5.41, 5.74) is -0.127. The van der Waals surface area contributed by atoms with E-state index in [0.717, 1.165) is 38.4 Å². The van der Waals surface area contributed by atoms with E-state index in [-0.39, 0.29) is 58.9 Å². The maximum Gasteiger partial charge on any atom is 0.339 e. The van der Waals surface area contributed by atoms with Crippen molar-refractivity contribution in [2.75, 3.05) is 17.7 Å². The van der Waals surface area contributed by atoms with Crippen LogP contribution in [0.5, 0.6) is 0 Å². The molecule has 0 saturated heterocycles. The van der Waals surface area contributed by atoms with Gasteiger partial charge in [-0.3, -0.25) is 38.3 Å². The topological polar surface area (TPSA) is 172 Å². The largest absolute Gasteiger partial charge is 0.342 e. The molecule has 0 amide bonds. The lowest BCUT2D eigenvalue weighted by Crippen LogP contribution is -2.50. The van der Waals surface area contributed by atoms with E-state index in [9.17, 15) is 28.8 Å². The summed E-state index contributed by atoms with van der Waals surface area (Å²) in [6.45, 7) is 14.6. The van der Waals surface area contributed by atoms with Crippen LogP contribution in [-0.4, -0.2) is 60.0 Å². The predicted octanol–water partition coefficient (Wildman–Crippen LogP) is 7.32. The van der Waals surface area contributed by atoms with Crippen LogP contribution >= 0.6 is 8.30 Å². The molecule has 14 nitrogen and oxygen atoms in total. The van der Waals surface area contributed by atoms with Gasteiger partial charge < -0.3 is 4.52 Å². The van der Waals surface area contributed by atoms with E-state index in [4.69, 9.17) is 9.79 Å². The Morgan fingerprint density at radius 1 is 0.806 bits per heavy atom. The van der Waals surface area contributed by atoms with Gasteiger partial charge in [-0.05, 0) is 103 Å². The van der Waals surface area contributed by atoms with Crippen molar-refractivity contribution >= 4 is 37.4 Å². The van der Waals surface area contributed by atoms with Gasteiger partial charge in [0, 0.05) is 48.0 Å². The number of nitriles is 1. The maximum absolute atomic E-state index is 14.6. The number of aromatic nitrogens is 4. The van der Waals surface area contributed by atoms with Crippen LogP contribution in [0.2, 0.25) is 0 Å². The highest BCUT2D eigenvalue weighted by Crippen LogP contribution is 2.46. The number of H-pyrrole nitrogens is 1. The number of hydrogen-bond acceptors (Lipinski definition) is 10. The third-order valence-electron chi connectivity index (χ3n) is 10.9. The lowest BCUT2D eigenvalue weighted by Gasteiger charge is -2.37. The van der Waals surface area contributed by atoms with Crippen LogP contribution in [0.25, 0.3) is 0 Å². The van der Waals surface area contributed by atoms with Crippen LogP contribution in [0.3, 0.4) is 0 Å². The highest BCUT2D eigenvalue weighted by Gasteiger charge is 2.37. The second-order valence-electron chi connectivity index (χ2n) is 16.1. The number of aromatic amines is 1. The lowest BCUT2D eigenvalue weighted by molar-refractivity contribution is 0.0944. The van der Waals surface area contributed by atoms with Crippen LogP contribution in [0, 0.1) is 25.2 Å². The van der Waals surface area contributed by atoms with E-state index in [1.54, 1.807) is 48.5 Å². The number of carbonyl (C=O) groups is 2. The summed E-state index contributed by atoms with van der Waals surface area (Å²) in [5.74, 6) is -1.70. The molecule has 0 aliphatic carbocycles. The summed E-state index contributed by atoms with van der Waals surface area (Å²) in [5, 5.41) is 9.13. The Balaban J connectivity index is 1.50. The Hall–Kier alpha value is -6.00. The molecule has 1 atom stereocenters. The Morgan fingerprint density at radius 3 is 1.94 bits per heavy atom. The fraction of sp³-hybridized carbons (Fsp3) is 0.383. The minimum absolute atomic E-state index is 0.0131. The van der Waals surface area contributed by atoms with Crippen molar-refractivity contribution in [2.45, 2.75) is 106 Å². The van der Waals surface area contributed by atoms with Gasteiger partial charge in [-0.25, -0.2) is 14.2 Å². The molecule has 1 N–H and O–H groups in total. The van der Waals surface area contributed by atoms with Crippen molar-refractivity contribution in [1.29, 1.82) is 5.26 Å². The Morgan fingerprint density at radius 2 is 1.39 bits per heavy atom. The summed E-state index contributed by atoms with van der Waals surface area (Å²) in [6.07, 6.45) is 3.32. The number of anilines is 3. The van der Waals surface area contributed by atoms with Crippen LogP contribution in [-0.2, 0) is 23.9 Å². The molecular formula is C47H54N7O7P. The number of fused-ring (bicyclic) bond motifs is 2. The molecule has 3 aromatic carbocycles. The van der Waals surface area contributed by atoms with Crippen molar-refractivity contribution in [1.82, 2.24) is 23.4 Å². The summed E-state index contributed by atoms with van der Waals surface area (Å²) in [4.78, 5) is 89.9. The molecule has 0 radical (unpaired) electrons. The average Bonchev–Trinajstić information content (AvgIpc) is 3.23. The molecule has 15 heteroatoms. The first-order chi connectivity index (χ1) is 29.7. The predicted molar refractivity (Wildman–Crippen MR) is 242 cm³/mol. The number of unbranched alkanes of at least 4 members (excludes halogenated alkanes) is 1. The Bertz CT molecular complexity index is 2720. The first-order valence-corrected chi connectivity index (χ1v) is 22.5. The molecule has 0 bridgehead atoms. The number of hydrogen-bond donors (Lipinski definition) is 1. The zero-order valence-corrected chi connectivity index (χ0v) is 37.3. The lowest BCUT2D eigenvalue weighted by atomic mass is 10.0. The van der Waals surface area contributed by atoms with E-state index in [1.807, 2.05) is 32.9 Å². The highest BCUT2D eigenvalue weighted by molar-refractivity contribution is 7.50. The molecule has 2 aromatic heterocycles. The minimum Gasteiger partial charge on any atom is -0.342 e. The van der Waals surface area contributed by atoms with Gasteiger partial charge >= 0.3 is 11.4 Å². The number of benzene rings is 3. The van der Waals surface area contributed by atoms with Gasteiger partial charge in [0.2, 0.25) is 0 Å². The molecule has 0 spiro atoms. The number of aryl methyl sites for hydroxylation is 3. The van der Waals surface area contributed by atoms with Crippen molar-refractivity contribution < 1.29 is 14.1 Å². The molecule has 1 aliphatic rings. The SMILES string of the molecule is CCCCn1c(=O)c2c(n(C(=O)c3ccc(C)cc3)c1=O)N(c1ccc(CCCP(OCCC#N)N(C(C)C)C(C)C)cc1)c1[nH]c(=O)n(C(=O)c3ccc(C)cc3)c(=O)c1C2. The molecule has 0 saturated carbocycles. The minimum atomic E-state index is -1.02. The van der Waals surface area contributed by atoms with Gasteiger partial charge in [-0.15, -0.1) is 0 Å². The van der Waals surface area contributed by atoms with Crippen LogP contribution in [0.15, 0.2) is 92.0 Å². The van der Waals surface area contributed by atoms with Crippen LogP contribution in [0.1, 0.15) is 109 Å². The fourth-order valence-corrected chi connectivity index (χ4v) is 10.1. The summed E-state index contributed by atoms with van der Waals surface area (Å²) < 4.78 is 11.1. The van der Waals surface area contributed by atoms with Crippen molar-refractivity contribution in [2.24, 2.45) is 0 Å². The van der Waals surface area contributed by atoms with Gasteiger partial charge in [0.15, 0.2) is 0 Å². The number of nitrogens with one attached hydrogen (secondary N) is 1. The molecule has 5 aromatic rings. The molecular weight excluding hydrogens is 806 g/mol. The van der Waals surface area contributed by atoms with Crippen molar-refractivity contribution in [3.05, 3.63) is 153 Å². The van der Waals surface area contributed by atoms with Crippen molar-refractivity contribution in [3.8, 4) is 6.07 Å². The standard InChI is InChI=1S/C47H54N7O7P/c1-8-9-26-50-44(57)39-29-38-40(49-46(59)53(45(38)58)43(56)36-21-15-33(7)16-22-36)51(41(39)52(47(50)60)42(55)35-19-13-32(6)14-20-35)37-23-17-34(18-24-37)12-10-28-62(61-27-11-25-48)54(30(2)3)31(4)5/h13-24,30-31H,8-12,26-29H2,1-7H3,(H,49,59). The first-order valence-electron chi connectivity index (χ1n) is 21.1. The van der Waals surface area contributed by atoms with E-state index < -0.39 is 42.6 Å². The van der Waals surface area contributed by atoms with E-state index >= 15 is 0 Å². The summed E-state index contributed by atoms with van der Waals surface area (Å²) >= 11 is 0. The van der Waals surface area contributed by atoms with Gasteiger partial charge in [0.05, 0.1) is 30.2 Å². The average molecular weight is 860 g/mol. The highest BCUT2D eigenvalue weighted by atomic mass is 31.2. The van der Waals surface area contributed by atoms with E-state index in [1.165, 1.54) is 17.0 Å². The zero-order chi connectivity index (χ0) is 44.8. The van der Waals surface area contributed by atoms with Gasteiger partial charge in [-0.1, -0.05) is 60.9 Å². The molecule has 62 heavy (non-hydrogen) atoms. The number of rotatable bonds is 16. The third-order valence-corrected chi connectivity index (χ3v) is 13.5. The maximum atomic E-state index is 14.6. The monoisotopic (exact) mass is 859 g/mol. The van der Waals surface area contributed by atoms with Gasteiger partial charge in [-0.2, -0.15) is 9.83 Å². The molecule has 0 fully saturated rings. The smallest absolute Gasteiger partial charge is 0.339 e. The Kier molecular flexibility index (Phi) is 14.5. The molecule has 1 unspecified atom stereocenters. The summed E-state index contributed by atoms with van der Waals surface area (Å²) in [6, 6.07) is 23.1. The first kappa shape index (κ1) is 45.5. The molecule has 6 rings (SSSR count).